The van der Waals surface area contributed by atoms with Crippen molar-refractivity contribution in [2.45, 2.75) is 13.8 Å². The molecule has 0 heterocycles. The minimum Gasteiger partial charge on any atom is -0.507 e. The molecule has 23 heavy (non-hydrogen) atoms. The highest BCUT2D eigenvalue weighted by molar-refractivity contribution is 5.85. The van der Waals surface area contributed by atoms with E-state index in [-0.39, 0.29) is 5.75 Å². The lowest BCUT2D eigenvalue weighted by atomic mass is 10.1. The van der Waals surface area contributed by atoms with Crippen LogP contribution in [0.3, 0.4) is 0 Å². The second kappa shape index (κ2) is 8.34. The van der Waals surface area contributed by atoms with Gasteiger partial charge in [-0.25, -0.2) is 0 Å². The van der Waals surface area contributed by atoms with Crippen molar-refractivity contribution >= 4 is 17.6 Å². The number of benzene rings is 2. The van der Waals surface area contributed by atoms with Gasteiger partial charge in [0, 0.05) is 37.7 Å². The number of likely N-dealkylation sites (N-methyl/N-ethyl adjacent to an activating group) is 1. The fourth-order valence-electron chi connectivity index (χ4n) is 2.39. The average Bonchev–Trinajstić information content (AvgIpc) is 2.56. The summed E-state index contributed by atoms with van der Waals surface area (Å²) in [6.45, 7) is 6.69. The molecule has 0 aliphatic rings. The molecule has 122 valence electrons. The number of aliphatic imine (C=N–C) groups is 1. The standard InChI is InChI=1S/C19H24N2O2/c1-4-21(11-12-23-3)17-9-10-18(15(2)13-17)20-14-16-7-5-6-8-19(16)22/h5-10,13-14,22H,4,11-12H2,1-3H3. The summed E-state index contributed by atoms with van der Waals surface area (Å²) in [5.74, 6) is 0.238. The maximum absolute atomic E-state index is 9.78. The molecule has 2 aromatic carbocycles. The molecule has 0 unspecified atom stereocenters. The van der Waals surface area contributed by atoms with Gasteiger partial charge in [0.05, 0.1) is 12.3 Å². The van der Waals surface area contributed by atoms with E-state index in [2.05, 4.69) is 28.9 Å². The van der Waals surface area contributed by atoms with Crippen molar-refractivity contribution in [3.05, 3.63) is 53.6 Å². The number of rotatable bonds is 7. The van der Waals surface area contributed by atoms with Crippen molar-refractivity contribution in [1.29, 1.82) is 0 Å². The van der Waals surface area contributed by atoms with Crippen LogP contribution in [-0.2, 0) is 4.74 Å². The van der Waals surface area contributed by atoms with Crippen molar-refractivity contribution in [2.75, 3.05) is 31.7 Å². The summed E-state index contributed by atoms with van der Waals surface area (Å²) in [6, 6.07) is 13.4. The number of nitrogens with zero attached hydrogens (tertiary/aromatic N) is 2. The number of hydrogen-bond acceptors (Lipinski definition) is 4. The third kappa shape index (κ3) is 4.57. The molecule has 2 aromatic rings. The normalized spacial score (nSPS) is 11.1. The highest BCUT2D eigenvalue weighted by Crippen LogP contribution is 2.25. The molecule has 0 radical (unpaired) electrons. The van der Waals surface area contributed by atoms with E-state index >= 15 is 0 Å². The topological polar surface area (TPSA) is 45.1 Å². The molecule has 0 atom stereocenters. The third-order valence-electron chi connectivity index (χ3n) is 3.77. The SMILES string of the molecule is CCN(CCOC)c1ccc(N=Cc2ccccc2O)c(C)c1. The summed E-state index contributed by atoms with van der Waals surface area (Å²) in [5.41, 5.74) is 3.89. The molecule has 1 N–H and O–H groups in total. The summed E-state index contributed by atoms with van der Waals surface area (Å²) >= 11 is 0. The zero-order chi connectivity index (χ0) is 16.7. The van der Waals surface area contributed by atoms with E-state index in [1.807, 2.05) is 25.1 Å². The maximum atomic E-state index is 9.78. The molecule has 0 spiro atoms. The summed E-state index contributed by atoms with van der Waals surface area (Å²) in [7, 11) is 1.72. The van der Waals surface area contributed by atoms with Crippen molar-refractivity contribution in [3.8, 4) is 5.75 Å². The Hall–Kier alpha value is -2.33. The van der Waals surface area contributed by atoms with Gasteiger partial charge in [-0.1, -0.05) is 12.1 Å². The fraction of sp³-hybridized carbons (Fsp3) is 0.316. The van der Waals surface area contributed by atoms with Crippen LogP contribution in [0.4, 0.5) is 11.4 Å². The molecule has 0 aromatic heterocycles. The van der Waals surface area contributed by atoms with Crippen LogP contribution < -0.4 is 4.90 Å². The number of phenols is 1. The van der Waals surface area contributed by atoms with Gasteiger partial charge in [-0.2, -0.15) is 0 Å². The second-order valence-corrected chi connectivity index (χ2v) is 5.36. The van der Waals surface area contributed by atoms with Crippen LogP contribution in [0.15, 0.2) is 47.5 Å². The molecular formula is C19H24N2O2. The minimum absolute atomic E-state index is 0.238. The lowest BCUT2D eigenvalue weighted by molar-refractivity contribution is 0.205. The van der Waals surface area contributed by atoms with Gasteiger partial charge in [0.2, 0.25) is 0 Å². The Morgan fingerprint density at radius 3 is 2.65 bits per heavy atom. The molecule has 0 saturated heterocycles. The number of hydrogen-bond donors (Lipinski definition) is 1. The Morgan fingerprint density at radius 2 is 2.00 bits per heavy atom. The van der Waals surface area contributed by atoms with Gasteiger partial charge < -0.3 is 14.7 Å². The van der Waals surface area contributed by atoms with E-state index in [9.17, 15) is 5.11 Å². The number of phenolic OH excluding ortho intramolecular Hbond substituents is 1. The Labute approximate surface area is 138 Å². The van der Waals surface area contributed by atoms with Gasteiger partial charge in [0.25, 0.3) is 0 Å². The Kier molecular flexibility index (Phi) is 6.18. The van der Waals surface area contributed by atoms with Gasteiger partial charge in [-0.05, 0) is 49.7 Å². The number of aromatic hydroxyl groups is 1. The van der Waals surface area contributed by atoms with E-state index in [0.29, 0.717) is 12.2 Å². The minimum atomic E-state index is 0.238. The molecule has 0 fully saturated rings. The second-order valence-electron chi connectivity index (χ2n) is 5.36. The summed E-state index contributed by atoms with van der Waals surface area (Å²) in [6.07, 6.45) is 1.69. The Bertz CT molecular complexity index is 668. The molecular weight excluding hydrogens is 288 g/mol. The molecule has 4 nitrogen and oxygen atoms in total. The first-order valence-electron chi connectivity index (χ1n) is 7.82. The number of methoxy groups -OCH3 is 1. The summed E-state index contributed by atoms with van der Waals surface area (Å²) < 4.78 is 5.16. The fourth-order valence-corrected chi connectivity index (χ4v) is 2.39. The molecule has 4 heteroatoms. The quantitative estimate of drug-likeness (QED) is 0.788. The van der Waals surface area contributed by atoms with Crippen LogP contribution in [0.5, 0.6) is 5.75 Å². The molecule has 0 aliphatic carbocycles. The molecule has 0 amide bonds. The first kappa shape index (κ1) is 17.0. The van der Waals surface area contributed by atoms with Gasteiger partial charge in [-0.3, -0.25) is 4.99 Å². The van der Waals surface area contributed by atoms with E-state index in [0.717, 1.165) is 24.3 Å². The van der Waals surface area contributed by atoms with Gasteiger partial charge >= 0.3 is 0 Å². The van der Waals surface area contributed by atoms with Crippen molar-refractivity contribution in [1.82, 2.24) is 0 Å². The lowest BCUT2D eigenvalue weighted by Gasteiger charge is -2.23. The maximum Gasteiger partial charge on any atom is 0.124 e. The molecule has 0 saturated carbocycles. The average molecular weight is 312 g/mol. The first-order valence-corrected chi connectivity index (χ1v) is 7.82. The summed E-state index contributed by atoms with van der Waals surface area (Å²) in [5, 5.41) is 9.78. The van der Waals surface area contributed by atoms with E-state index < -0.39 is 0 Å². The van der Waals surface area contributed by atoms with Crippen molar-refractivity contribution < 1.29 is 9.84 Å². The number of anilines is 1. The van der Waals surface area contributed by atoms with Crippen LogP contribution in [0.1, 0.15) is 18.1 Å². The van der Waals surface area contributed by atoms with Gasteiger partial charge in [0.15, 0.2) is 0 Å². The molecule has 0 aliphatic heterocycles. The smallest absolute Gasteiger partial charge is 0.124 e. The van der Waals surface area contributed by atoms with E-state index in [1.165, 1.54) is 5.69 Å². The third-order valence-corrected chi connectivity index (χ3v) is 3.77. The van der Waals surface area contributed by atoms with Crippen LogP contribution in [0, 0.1) is 6.92 Å². The zero-order valence-electron chi connectivity index (χ0n) is 14.0. The lowest BCUT2D eigenvalue weighted by Crippen LogP contribution is -2.26. The Balaban J connectivity index is 2.17. The number of aryl methyl sites for hydroxylation is 1. The number of para-hydroxylation sites is 1. The van der Waals surface area contributed by atoms with Crippen LogP contribution in [0.2, 0.25) is 0 Å². The predicted molar refractivity (Wildman–Crippen MR) is 96.3 cm³/mol. The van der Waals surface area contributed by atoms with Crippen molar-refractivity contribution in [2.24, 2.45) is 4.99 Å². The van der Waals surface area contributed by atoms with Crippen LogP contribution in [-0.4, -0.2) is 38.1 Å². The number of ether oxygens (including phenoxy) is 1. The molecule has 0 bridgehead atoms. The van der Waals surface area contributed by atoms with Crippen LogP contribution in [0.25, 0.3) is 0 Å². The Morgan fingerprint density at radius 1 is 1.22 bits per heavy atom. The van der Waals surface area contributed by atoms with E-state index in [1.54, 1.807) is 25.5 Å². The highest BCUT2D eigenvalue weighted by Gasteiger charge is 2.06. The highest BCUT2D eigenvalue weighted by atomic mass is 16.5. The largest absolute Gasteiger partial charge is 0.507 e. The zero-order valence-corrected chi connectivity index (χ0v) is 14.0. The van der Waals surface area contributed by atoms with Crippen molar-refractivity contribution in [3.63, 3.8) is 0 Å². The summed E-state index contributed by atoms with van der Waals surface area (Å²) in [4.78, 5) is 6.77. The predicted octanol–water partition coefficient (Wildman–Crippen LogP) is 3.92. The van der Waals surface area contributed by atoms with Gasteiger partial charge in [0.1, 0.15) is 5.75 Å². The van der Waals surface area contributed by atoms with Gasteiger partial charge in [-0.15, -0.1) is 0 Å². The first-order chi connectivity index (χ1) is 11.2. The van der Waals surface area contributed by atoms with Crippen LogP contribution >= 0.6 is 0 Å². The molecule has 2 rings (SSSR count). The monoisotopic (exact) mass is 312 g/mol. The van der Waals surface area contributed by atoms with E-state index in [4.69, 9.17) is 4.74 Å².